The quantitative estimate of drug-likeness (QED) is 0.651. The van der Waals surface area contributed by atoms with E-state index in [0.29, 0.717) is 29.1 Å². The number of aromatic amines is 1. The summed E-state index contributed by atoms with van der Waals surface area (Å²) < 4.78 is 0. The number of halogens is 1. The highest BCUT2D eigenvalue weighted by molar-refractivity contribution is 6.45. The number of carbonyl (C=O) groups is 2. The number of nitrogens with one attached hydrogen (secondary N) is 2. The van der Waals surface area contributed by atoms with Gasteiger partial charge in [-0.05, 0) is 26.2 Å². The number of likely N-dealkylation sites (N-methyl/N-ethyl adjacent to an activating group) is 1. The standard InChI is InChI=1S/C14H16ClN3O2/c1-18(2)6-5-16-14(20)13(19)11-8-17-12-7-9(15)3-4-10(11)12/h3-4,7-8,17H,5-6H2,1-2H3,(H,16,20). The molecule has 1 aromatic carbocycles. The van der Waals surface area contributed by atoms with Gasteiger partial charge < -0.3 is 15.2 Å². The molecule has 2 N–H and O–H groups in total. The van der Waals surface area contributed by atoms with E-state index < -0.39 is 11.7 Å². The fourth-order valence-corrected chi connectivity index (χ4v) is 2.05. The first-order valence-corrected chi connectivity index (χ1v) is 6.60. The van der Waals surface area contributed by atoms with Gasteiger partial charge in [0.05, 0.1) is 5.56 Å². The van der Waals surface area contributed by atoms with E-state index in [9.17, 15) is 9.59 Å². The Bertz CT molecular complexity index is 649. The molecule has 0 aliphatic carbocycles. The van der Waals surface area contributed by atoms with E-state index in [4.69, 9.17) is 11.6 Å². The molecular formula is C14H16ClN3O2. The van der Waals surface area contributed by atoms with Crippen LogP contribution in [0.1, 0.15) is 10.4 Å². The van der Waals surface area contributed by atoms with Gasteiger partial charge in [-0.3, -0.25) is 9.59 Å². The highest BCUT2D eigenvalue weighted by Gasteiger charge is 2.19. The molecule has 106 valence electrons. The molecule has 0 saturated carbocycles. The van der Waals surface area contributed by atoms with Crippen LogP contribution in [0.15, 0.2) is 24.4 Å². The number of hydrogen-bond acceptors (Lipinski definition) is 3. The first-order valence-electron chi connectivity index (χ1n) is 6.23. The van der Waals surface area contributed by atoms with Crippen molar-refractivity contribution >= 4 is 34.2 Å². The number of amides is 1. The maximum atomic E-state index is 12.1. The predicted octanol–water partition coefficient (Wildman–Crippen LogP) is 1.68. The summed E-state index contributed by atoms with van der Waals surface area (Å²) in [5, 5.41) is 3.88. The zero-order chi connectivity index (χ0) is 14.7. The highest BCUT2D eigenvalue weighted by Crippen LogP contribution is 2.22. The molecule has 0 spiro atoms. The largest absolute Gasteiger partial charge is 0.360 e. The Morgan fingerprint density at radius 2 is 2.10 bits per heavy atom. The van der Waals surface area contributed by atoms with Crippen molar-refractivity contribution in [3.8, 4) is 0 Å². The third-order valence-corrected chi connectivity index (χ3v) is 3.17. The highest BCUT2D eigenvalue weighted by atomic mass is 35.5. The molecule has 20 heavy (non-hydrogen) atoms. The van der Waals surface area contributed by atoms with E-state index in [0.717, 1.165) is 5.52 Å². The molecule has 0 radical (unpaired) electrons. The number of ketones is 1. The fraction of sp³-hybridized carbons (Fsp3) is 0.286. The number of H-pyrrole nitrogens is 1. The lowest BCUT2D eigenvalue weighted by Gasteiger charge is -2.09. The summed E-state index contributed by atoms with van der Waals surface area (Å²) in [5.41, 5.74) is 1.10. The molecule has 0 atom stereocenters. The van der Waals surface area contributed by atoms with E-state index in [1.165, 1.54) is 6.20 Å². The molecule has 6 heteroatoms. The van der Waals surface area contributed by atoms with Gasteiger partial charge in [0.2, 0.25) is 0 Å². The van der Waals surface area contributed by atoms with Gasteiger partial charge in [0, 0.05) is 35.2 Å². The van der Waals surface area contributed by atoms with E-state index in [-0.39, 0.29) is 0 Å². The third kappa shape index (κ3) is 3.18. The zero-order valence-corrected chi connectivity index (χ0v) is 12.1. The van der Waals surface area contributed by atoms with Crippen LogP contribution in [-0.2, 0) is 4.79 Å². The fourth-order valence-electron chi connectivity index (χ4n) is 1.88. The van der Waals surface area contributed by atoms with Gasteiger partial charge in [-0.2, -0.15) is 0 Å². The number of rotatable bonds is 5. The minimum Gasteiger partial charge on any atom is -0.360 e. The van der Waals surface area contributed by atoms with Crippen molar-refractivity contribution in [3.05, 3.63) is 35.0 Å². The second-order valence-electron chi connectivity index (χ2n) is 4.78. The Morgan fingerprint density at radius 3 is 2.80 bits per heavy atom. The van der Waals surface area contributed by atoms with Crippen molar-refractivity contribution in [2.45, 2.75) is 0 Å². The van der Waals surface area contributed by atoms with Crippen LogP contribution in [0.25, 0.3) is 10.9 Å². The number of hydrogen-bond donors (Lipinski definition) is 2. The van der Waals surface area contributed by atoms with E-state index in [2.05, 4.69) is 10.3 Å². The number of aromatic nitrogens is 1. The molecule has 1 heterocycles. The summed E-state index contributed by atoms with van der Waals surface area (Å²) >= 11 is 5.88. The molecule has 0 aliphatic rings. The maximum Gasteiger partial charge on any atom is 0.292 e. The van der Waals surface area contributed by atoms with Crippen molar-refractivity contribution in [1.29, 1.82) is 0 Å². The van der Waals surface area contributed by atoms with Gasteiger partial charge in [-0.15, -0.1) is 0 Å². The number of carbonyl (C=O) groups excluding carboxylic acids is 2. The summed E-state index contributed by atoms with van der Waals surface area (Å²) in [4.78, 5) is 28.8. The third-order valence-electron chi connectivity index (χ3n) is 2.94. The Balaban J connectivity index is 2.13. The molecule has 0 bridgehead atoms. The Kier molecular flexibility index (Phi) is 4.42. The maximum absolute atomic E-state index is 12.1. The summed E-state index contributed by atoms with van der Waals surface area (Å²) in [6, 6.07) is 5.14. The van der Waals surface area contributed by atoms with Crippen molar-refractivity contribution in [2.75, 3.05) is 27.2 Å². The second-order valence-corrected chi connectivity index (χ2v) is 5.22. The van der Waals surface area contributed by atoms with Gasteiger partial charge >= 0.3 is 0 Å². The van der Waals surface area contributed by atoms with Crippen molar-refractivity contribution in [3.63, 3.8) is 0 Å². The Hall–Kier alpha value is -1.85. The van der Waals surface area contributed by atoms with Crippen LogP contribution >= 0.6 is 11.6 Å². The van der Waals surface area contributed by atoms with Gasteiger partial charge in [0.15, 0.2) is 0 Å². The average Bonchev–Trinajstić information content (AvgIpc) is 2.80. The van der Waals surface area contributed by atoms with Crippen LogP contribution in [-0.4, -0.2) is 48.8 Å². The normalized spacial score (nSPS) is 11.0. The van der Waals surface area contributed by atoms with Crippen molar-refractivity contribution in [2.24, 2.45) is 0 Å². The van der Waals surface area contributed by atoms with Crippen LogP contribution in [0.2, 0.25) is 5.02 Å². The molecule has 5 nitrogen and oxygen atoms in total. The van der Waals surface area contributed by atoms with E-state index in [1.54, 1.807) is 18.2 Å². The molecule has 0 aliphatic heterocycles. The van der Waals surface area contributed by atoms with Crippen LogP contribution in [0.5, 0.6) is 0 Å². The lowest BCUT2D eigenvalue weighted by molar-refractivity contribution is -0.117. The number of Topliss-reactive ketones (excluding diaryl/α,β-unsaturated/α-hetero) is 1. The SMILES string of the molecule is CN(C)CCNC(=O)C(=O)c1c[nH]c2cc(Cl)ccc12. The lowest BCUT2D eigenvalue weighted by atomic mass is 10.1. The van der Waals surface area contributed by atoms with Crippen molar-refractivity contribution < 1.29 is 9.59 Å². The average molecular weight is 294 g/mol. The zero-order valence-electron chi connectivity index (χ0n) is 11.4. The minimum absolute atomic E-state index is 0.360. The summed E-state index contributed by atoms with van der Waals surface area (Å²) in [5.74, 6) is -1.14. The van der Waals surface area contributed by atoms with E-state index in [1.807, 2.05) is 19.0 Å². The molecular weight excluding hydrogens is 278 g/mol. The first kappa shape index (κ1) is 14.6. The topological polar surface area (TPSA) is 65.2 Å². The van der Waals surface area contributed by atoms with Crippen LogP contribution in [0.3, 0.4) is 0 Å². The van der Waals surface area contributed by atoms with Crippen LogP contribution in [0, 0.1) is 0 Å². The molecule has 1 aromatic heterocycles. The molecule has 1 amide bonds. The molecule has 2 rings (SSSR count). The first-order chi connectivity index (χ1) is 9.49. The minimum atomic E-state index is -0.595. The smallest absolute Gasteiger partial charge is 0.292 e. The van der Waals surface area contributed by atoms with Gasteiger partial charge in [-0.1, -0.05) is 17.7 Å². The van der Waals surface area contributed by atoms with Crippen LogP contribution in [0.4, 0.5) is 0 Å². The Morgan fingerprint density at radius 1 is 1.35 bits per heavy atom. The summed E-state index contributed by atoms with van der Waals surface area (Å²) in [6.45, 7) is 1.12. The molecule has 2 aromatic rings. The summed E-state index contributed by atoms with van der Waals surface area (Å²) in [7, 11) is 3.80. The molecule has 0 unspecified atom stereocenters. The van der Waals surface area contributed by atoms with E-state index >= 15 is 0 Å². The monoisotopic (exact) mass is 293 g/mol. The Labute approximate surface area is 121 Å². The number of nitrogens with zero attached hydrogens (tertiary/aromatic N) is 1. The summed E-state index contributed by atoms with van der Waals surface area (Å²) in [6.07, 6.45) is 1.54. The predicted molar refractivity (Wildman–Crippen MR) is 79.2 cm³/mol. The van der Waals surface area contributed by atoms with Crippen molar-refractivity contribution in [1.82, 2.24) is 15.2 Å². The second kappa shape index (κ2) is 6.07. The van der Waals surface area contributed by atoms with Gasteiger partial charge in [0.25, 0.3) is 11.7 Å². The van der Waals surface area contributed by atoms with Gasteiger partial charge in [-0.25, -0.2) is 0 Å². The molecule has 0 fully saturated rings. The number of fused-ring (bicyclic) bond motifs is 1. The van der Waals surface area contributed by atoms with Crippen LogP contribution < -0.4 is 5.32 Å². The molecule has 0 saturated heterocycles. The lowest BCUT2D eigenvalue weighted by Crippen LogP contribution is -2.35. The van der Waals surface area contributed by atoms with Gasteiger partial charge in [0.1, 0.15) is 0 Å². The number of benzene rings is 1.